The van der Waals surface area contributed by atoms with Gasteiger partial charge in [-0.15, -0.1) is 0 Å². The molecule has 1 aliphatic heterocycles. The third-order valence-corrected chi connectivity index (χ3v) is 6.20. The summed E-state index contributed by atoms with van der Waals surface area (Å²) in [7, 11) is 0. The summed E-state index contributed by atoms with van der Waals surface area (Å²) in [6.07, 6.45) is 7.83. The topological polar surface area (TPSA) is 85.3 Å². The summed E-state index contributed by atoms with van der Waals surface area (Å²) in [5, 5.41) is 6.35. The van der Waals surface area contributed by atoms with Crippen molar-refractivity contribution in [1.82, 2.24) is 5.01 Å². The van der Waals surface area contributed by atoms with Crippen LogP contribution >= 0.6 is 11.6 Å². The van der Waals surface area contributed by atoms with Crippen molar-refractivity contribution in [1.29, 1.82) is 0 Å². The van der Waals surface area contributed by atoms with E-state index in [0.29, 0.717) is 5.76 Å². The maximum Gasteiger partial charge on any atom is 0.340 e. The Hall–Kier alpha value is -3.58. The second-order valence-electron chi connectivity index (χ2n) is 7.92. The number of nitrogens with zero attached hydrogens (tertiary/aromatic N) is 2. The van der Waals surface area contributed by atoms with Gasteiger partial charge in [-0.3, -0.25) is 4.79 Å². The molecule has 0 N–H and O–H groups in total. The first-order valence-electron chi connectivity index (χ1n) is 10.7. The van der Waals surface area contributed by atoms with E-state index in [2.05, 4.69) is 0 Å². The molecule has 2 aliphatic rings. The first-order chi connectivity index (χ1) is 16.1. The van der Waals surface area contributed by atoms with Crippen LogP contribution in [0.3, 0.4) is 0 Å². The summed E-state index contributed by atoms with van der Waals surface area (Å²) in [6.45, 7) is -0.456. The minimum Gasteiger partial charge on any atom is -0.467 e. The molecule has 33 heavy (non-hydrogen) atoms. The number of esters is 1. The molecule has 1 aromatic carbocycles. The van der Waals surface area contributed by atoms with Gasteiger partial charge in [-0.25, -0.2) is 9.80 Å². The van der Waals surface area contributed by atoms with Gasteiger partial charge in [0.05, 0.1) is 28.8 Å². The predicted molar refractivity (Wildman–Crippen MR) is 121 cm³/mol. The SMILES string of the molecule is O=C(OCC(=O)N1N=C2/C(=C\c3ccco3)CCC[C@@H]2[C@H]1c1ccco1)c1ccccc1Cl. The number of carbonyl (C=O) groups is 2. The number of benzene rings is 1. The molecule has 0 radical (unpaired) electrons. The Balaban J connectivity index is 1.40. The van der Waals surface area contributed by atoms with Gasteiger partial charge < -0.3 is 13.6 Å². The van der Waals surface area contributed by atoms with E-state index in [4.69, 9.17) is 30.3 Å². The van der Waals surface area contributed by atoms with Gasteiger partial charge in [0.2, 0.25) is 0 Å². The van der Waals surface area contributed by atoms with Gasteiger partial charge in [0, 0.05) is 5.92 Å². The van der Waals surface area contributed by atoms with Crippen LogP contribution in [0.1, 0.15) is 47.2 Å². The van der Waals surface area contributed by atoms with Crippen LogP contribution in [-0.2, 0) is 9.53 Å². The third kappa shape index (κ3) is 4.24. The molecule has 8 heteroatoms. The molecule has 0 saturated heterocycles. The second-order valence-corrected chi connectivity index (χ2v) is 8.33. The molecule has 0 unspecified atom stereocenters. The number of rotatable bonds is 5. The fraction of sp³-hybridized carbons (Fsp3) is 0.240. The number of allylic oxidation sites excluding steroid dienone is 1. The zero-order valence-electron chi connectivity index (χ0n) is 17.6. The van der Waals surface area contributed by atoms with Crippen LogP contribution in [0.5, 0.6) is 0 Å². The lowest BCUT2D eigenvalue weighted by Crippen LogP contribution is -2.34. The smallest absolute Gasteiger partial charge is 0.340 e. The number of ether oxygens (including phenoxy) is 1. The number of furan rings is 2. The predicted octanol–water partition coefficient (Wildman–Crippen LogP) is 5.51. The van der Waals surface area contributed by atoms with Crippen LogP contribution in [0.15, 0.2) is 80.6 Å². The summed E-state index contributed by atoms with van der Waals surface area (Å²) < 4.78 is 16.4. The van der Waals surface area contributed by atoms with Crippen molar-refractivity contribution >= 4 is 35.3 Å². The standard InChI is InChI=1S/C25H21ClN2O5/c26-20-10-2-1-8-18(20)25(30)33-15-22(29)28-24(21-11-5-13-32-21)19-9-3-6-16(23(19)27-28)14-17-7-4-12-31-17/h1-2,4-5,7-8,10-14,19,24H,3,6,9,15H2/b16-14-/t19-,24-/m0/s1. The largest absolute Gasteiger partial charge is 0.467 e. The van der Waals surface area contributed by atoms with Crippen molar-refractivity contribution in [3.63, 3.8) is 0 Å². The van der Waals surface area contributed by atoms with Crippen molar-refractivity contribution in [2.24, 2.45) is 11.0 Å². The number of hydrazone groups is 1. The highest BCUT2D eigenvalue weighted by atomic mass is 35.5. The average Bonchev–Trinajstić information content (AvgIpc) is 3.58. The lowest BCUT2D eigenvalue weighted by molar-refractivity contribution is -0.137. The van der Waals surface area contributed by atoms with Crippen molar-refractivity contribution in [3.05, 3.63) is 88.7 Å². The van der Waals surface area contributed by atoms with E-state index in [-0.39, 0.29) is 16.5 Å². The maximum atomic E-state index is 13.2. The summed E-state index contributed by atoms with van der Waals surface area (Å²) in [5.41, 5.74) is 2.07. The van der Waals surface area contributed by atoms with Gasteiger partial charge in [-0.1, -0.05) is 23.7 Å². The summed E-state index contributed by atoms with van der Waals surface area (Å²) in [6, 6.07) is 13.5. The molecule has 3 heterocycles. The molecule has 0 spiro atoms. The molecule has 1 amide bonds. The Kier molecular flexibility index (Phi) is 5.88. The number of carbonyl (C=O) groups excluding carboxylic acids is 2. The van der Waals surface area contributed by atoms with E-state index in [1.807, 2.05) is 24.3 Å². The Bertz CT molecular complexity index is 1210. The molecule has 0 bridgehead atoms. The highest BCUT2D eigenvalue weighted by molar-refractivity contribution is 6.33. The number of hydrogen-bond donors (Lipinski definition) is 0. The molecule has 2 aromatic heterocycles. The van der Waals surface area contributed by atoms with Gasteiger partial charge in [-0.2, -0.15) is 5.10 Å². The van der Waals surface area contributed by atoms with E-state index < -0.39 is 24.5 Å². The van der Waals surface area contributed by atoms with E-state index in [0.717, 1.165) is 36.3 Å². The molecular formula is C25H21ClN2O5. The average molecular weight is 465 g/mol. The molecule has 168 valence electrons. The number of amides is 1. The molecule has 7 nitrogen and oxygen atoms in total. The summed E-state index contributed by atoms with van der Waals surface area (Å²) in [4.78, 5) is 25.6. The van der Waals surface area contributed by atoms with Gasteiger partial charge in [0.1, 0.15) is 17.6 Å². The Morgan fingerprint density at radius 3 is 2.70 bits per heavy atom. The number of halogens is 1. The zero-order valence-corrected chi connectivity index (χ0v) is 18.4. The fourth-order valence-corrected chi connectivity index (χ4v) is 4.60. The lowest BCUT2D eigenvalue weighted by atomic mass is 9.79. The van der Waals surface area contributed by atoms with E-state index in [1.54, 1.807) is 42.9 Å². The molecular weight excluding hydrogens is 444 g/mol. The number of hydrogen-bond acceptors (Lipinski definition) is 6. The van der Waals surface area contributed by atoms with Crippen molar-refractivity contribution in [2.75, 3.05) is 6.61 Å². The van der Waals surface area contributed by atoms with Crippen LogP contribution in [0.25, 0.3) is 6.08 Å². The van der Waals surface area contributed by atoms with Gasteiger partial charge in [0.15, 0.2) is 6.61 Å². The van der Waals surface area contributed by atoms with E-state index >= 15 is 0 Å². The Labute approximate surface area is 195 Å². The Morgan fingerprint density at radius 1 is 1.12 bits per heavy atom. The molecule has 2 atom stereocenters. The quantitative estimate of drug-likeness (QED) is 0.465. The van der Waals surface area contributed by atoms with Gasteiger partial charge in [-0.05, 0) is 67.3 Å². The minimum atomic E-state index is -0.661. The van der Waals surface area contributed by atoms with Crippen molar-refractivity contribution < 1.29 is 23.2 Å². The second kappa shape index (κ2) is 9.11. The normalized spacial score (nSPS) is 21.1. The van der Waals surface area contributed by atoms with Gasteiger partial charge >= 0.3 is 5.97 Å². The first kappa shape index (κ1) is 21.3. The minimum absolute atomic E-state index is 0.0191. The first-order valence-corrected chi connectivity index (χ1v) is 11.1. The van der Waals surface area contributed by atoms with Crippen LogP contribution in [-0.4, -0.2) is 29.2 Å². The van der Waals surface area contributed by atoms with Crippen LogP contribution < -0.4 is 0 Å². The van der Waals surface area contributed by atoms with Crippen LogP contribution in [0, 0.1) is 5.92 Å². The van der Waals surface area contributed by atoms with Crippen molar-refractivity contribution in [3.8, 4) is 0 Å². The monoisotopic (exact) mass is 464 g/mol. The molecule has 1 aliphatic carbocycles. The fourth-order valence-electron chi connectivity index (χ4n) is 4.39. The maximum absolute atomic E-state index is 13.2. The van der Waals surface area contributed by atoms with Crippen LogP contribution in [0.4, 0.5) is 0 Å². The van der Waals surface area contributed by atoms with Crippen molar-refractivity contribution in [2.45, 2.75) is 25.3 Å². The molecule has 5 rings (SSSR count). The molecule has 3 aromatic rings. The van der Waals surface area contributed by atoms with E-state index in [9.17, 15) is 9.59 Å². The van der Waals surface area contributed by atoms with Crippen LogP contribution in [0.2, 0.25) is 5.02 Å². The third-order valence-electron chi connectivity index (χ3n) is 5.87. The highest BCUT2D eigenvalue weighted by Crippen LogP contribution is 2.44. The lowest BCUT2D eigenvalue weighted by Gasteiger charge is -2.27. The Morgan fingerprint density at radius 2 is 1.94 bits per heavy atom. The molecule has 1 fully saturated rings. The number of fused-ring (bicyclic) bond motifs is 1. The molecule has 1 saturated carbocycles. The summed E-state index contributed by atoms with van der Waals surface area (Å²) in [5.74, 6) is 0.265. The van der Waals surface area contributed by atoms with Gasteiger partial charge in [0.25, 0.3) is 5.91 Å². The van der Waals surface area contributed by atoms with E-state index in [1.165, 1.54) is 5.01 Å². The zero-order chi connectivity index (χ0) is 22.8. The summed E-state index contributed by atoms with van der Waals surface area (Å²) >= 11 is 6.06. The highest BCUT2D eigenvalue weighted by Gasteiger charge is 2.45.